The van der Waals surface area contributed by atoms with Crippen molar-refractivity contribution >= 4 is 28.9 Å². The molecule has 5 rings (SSSR count). The van der Waals surface area contributed by atoms with Crippen LogP contribution in [0.3, 0.4) is 0 Å². The first-order chi connectivity index (χ1) is 17.3. The van der Waals surface area contributed by atoms with Gasteiger partial charge in [0.1, 0.15) is 17.4 Å². The Morgan fingerprint density at radius 1 is 1.14 bits per heavy atom. The third-order valence-electron chi connectivity index (χ3n) is 7.23. The molecule has 2 aliphatic rings. The molecular weight excluding hydrogens is 470 g/mol. The number of aryl methyl sites for hydroxylation is 2. The molecule has 0 aromatic heterocycles. The SMILES string of the molecule is COc1ccc2c(c1)[C@@H]1NC(=S)N(CCc3ccccc3)[C@@](C)(O2)[C@H]1C(=O)Nc1ccc(C)cc1C. The van der Waals surface area contributed by atoms with E-state index in [-0.39, 0.29) is 11.9 Å². The lowest BCUT2D eigenvalue weighted by Gasteiger charge is -2.56. The van der Waals surface area contributed by atoms with Gasteiger partial charge in [-0.15, -0.1) is 0 Å². The number of hydrogen-bond acceptors (Lipinski definition) is 4. The highest BCUT2D eigenvalue weighted by Crippen LogP contribution is 2.49. The van der Waals surface area contributed by atoms with Crippen LogP contribution in [0.2, 0.25) is 0 Å². The zero-order chi connectivity index (χ0) is 25.4. The van der Waals surface area contributed by atoms with E-state index in [1.165, 1.54) is 5.56 Å². The first-order valence-electron chi connectivity index (χ1n) is 12.2. The number of ether oxygens (including phenoxy) is 2. The quantitative estimate of drug-likeness (QED) is 0.456. The lowest BCUT2D eigenvalue weighted by atomic mass is 9.78. The van der Waals surface area contributed by atoms with Crippen molar-refractivity contribution in [2.24, 2.45) is 5.92 Å². The van der Waals surface area contributed by atoms with Gasteiger partial charge in [-0.1, -0.05) is 48.0 Å². The van der Waals surface area contributed by atoms with E-state index in [4.69, 9.17) is 21.7 Å². The summed E-state index contributed by atoms with van der Waals surface area (Å²) in [5, 5.41) is 7.21. The minimum atomic E-state index is -0.980. The Labute approximate surface area is 217 Å². The predicted molar refractivity (Wildman–Crippen MR) is 145 cm³/mol. The highest BCUT2D eigenvalue weighted by Gasteiger charge is 2.58. The van der Waals surface area contributed by atoms with E-state index in [0.29, 0.717) is 17.4 Å². The molecule has 3 atom stereocenters. The summed E-state index contributed by atoms with van der Waals surface area (Å²) in [7, 11) is 1.63. The first kappa shape index (κ1) is 24.1. The molecule has 0 unspecified atom stereocenters. The molecule has 6 nitrogen and oxygen atoms in total. The smallest absolute Gasteiger partial charge is 0.236 e. The Bertz CT molecular complexity index is 1310. The van der Waals surface area contributed by atoms with Gasteiger partial charge in [0.2, 0.25) is 5.91 Å². The highest BCUT2D eigenvalue weighted by molar-refractivity contribution is 7.80. The Hall–Kier alpha value is -3.58. The Kier molecular flexibility index (Phi) is 6.35. The number of hydrogen-bond donors (Lipinski definition) is 2. The van der Waals surface area contributed by atoms with Crippen LogP contribution in [-0.4, -0.2) is 35.3 Å². The van der Waals surface area contributed by atoms with Crippen LogP contribution in [0.25, 0.3) is 0 Å². The number of nitrogens with one attached hydrogen (secondary N) is 2. The second kappa shape index (κ2) is 9.47. The van der Waals surface area contributed by atoms with Gasteiger partial charge in [0, 0.05) is 17.8 Å². The summed E-state index contributed by atoms with van der Waals surface area (Å²) in [5.41, 5.74) is 4.03. The summed E-state index contributed by atoms with van der Waals surface area (Å²) in [5.74, 6) is 0.732. The number of amides is 1. The molecule has 2 aliphatic heterocycles. The van der Waals surface area contributed by atoms with E-state index in [1.807, 2.05) is 74.2 Å². The summed E-state index contributed by atoms with van der Waals surface area (Å²) in [6.45, 7) is 6.62. The maximum absolute atomic E-state index is 14.0. The summed E-state index contributed by atoms with van der Waals surface area (Å²) in [6, 6.07) is 21.6. The molecule has 186 valence electrons. The zero-order valence-corrected chi connectivity index (χ0v) is 21.8. The van der Waals surface area contributed by atoms with Crippen molar-refractivity contribution in [1.29, 1.82) is 0 Å². The number of benzene rings is 3. The van der Waals surface area contributed by atoms with Crippen LogP contribution in [0, 0.1) is 19.8 Å². The molecule has 2 bridgehead atoms. The average molecular weight is 502 g/mol. The van der Waals surface area contributed by atoms with Crippen molar-refractivity contribution in [2.45, 2.75) is 39.0 Å². The van der Waals surface area contributed by atoms with Crippen LogP contribution >= 0.6 is 12.2 Å². The van der Waals surface area contributed by atoms with Crippen molar-refractivity contribution in [3.8, 4) is 11.5 Å². The minimum absolute atomic E-state index is 0.123. The number of nitrogens with zero attached hydrogens (tertiary/aromatic N) is 1. The first-order valence-corrected chi connectivity index (χ1v) is 12.6. The molecule has 2 heterocycles. The van der Waals surface area contributed by atoms with E-state index in [2.05, 4.69) is 28.8 Å². The molecular formula is C29H31N3O3S. The van der Waals surface area contributed by atoms with Crippen molar-refractivity contribution in [2.75, 3.05) is 19.0 Å². The zero-order valence-electron chi connectivity index (χ0n) is 21.0. The van der Waals surface area contributed by atoms with Crippen LogP contribution in [0.15, 0.2) is 66.7 Å². The van der Waals surface area contributed by atoms with E-state index >= 15 is 0 Å². The van der Waals surface area contributed by atoms with E-state index in [0.717, 1.165) is 34.5 Å². The number of fused-ring (bicyclic) bond motifs is 4. The van der Waals surface area contributed by atoms with Crippen LogP contribution in [-0.2, 0) is 11.2 Å². The van der Waals surface area contributed by atoms with E-state index in [1.54, 1.807) is 7.11 Å². The van der Waals surface area contributed by atoms with Gasteiger partial charge in [-0.2, -0.15) is 0 Å². The third-order valence-corrected chi connectivity index (χ3v) is 7.57. The largest absolute Gasteiger partial charge is 0.497 e. The number of carbonyl (C=O) groups is 1. The number of anilines is 1. The fourth-order valence-electron chi connectivity index (χ4n) is 5.33. The molecule has 0 saturated carbocycles. The molecule has 1 saturated heterocycles. The van der Waals surface area contributed by atoms with Crippen molar-refractivity contribution < 1.29 is 14.3 Å². The topological polar surface area (TPSA) is 62.8 Å². The summed E-state index contributed by atoms with van der Waals surface area (Å²) in [4.78, 5) is 16.0. The van der Waals surface area contributed by atoms with Crippen molar-refractivity contribution in [3.63, 3.8) is 0 Å². The third kappa shape index (κ3) is 4.28. The van der Waals surface area contributed by atoms with Crippen LogP contribution in [0.5, 0.6) is 11.5 Å². The van der Waals surface area contributed by atoms with Crippen LogP contribution in [0.1, 0.15) is 35.2 Å². The maximum Gasteiger partial charge on any atom is 0.236 e. The molecule has 1 amide bonds. The van der Waals surface area contributed by atoms with Gasteiger partial charge in [0.15, 0.2) is 10.8 Å². The van der Waals surface area contributed by atoms with Gasteiger partial charge in [-0.05, 0) is 74.8 Å². The molecule has 0 aliphatic carbocycles. The van der Waals surface area contributed by atoms with Gasteiger partial charge in [-0.25, -0.2) is 0 Å². The van der Waals surface area contributed by atoms with Crippen molar-refractivity contribution in [3.05, 3.63) is 89.0 Å². The van der Waals surface area contributed by atoms with Crippen LogP contribution < -0.4 is 20.1 Å². The Balaban J connectivity index is 1.53. The van der Waals surface area contributed by atoms with E-state index < -0.39 is 11.6 Å². The highest BCUT2D eigenvalue weighted by atomic mass is 32.1. The number of thiocarbonyl (C=S) groups is 1. The number of carbonyl (C=O) groups excluding carboxylic acids is 1. The molecule has 2 N–H and O–H groups in total. The molecule has 7 heteroatoms. The predicted octanol–water partition coefficient (Wildman–Crippen LogP) is 5.15. The Morgan fingerprint density at radius 2 is 1.92 bits per heavy atom. The molecule has 3 aromatic rings. The molecule has 0 radical (unpaired) electrons. The molecule has 0 spiro atoms. The lowest BCUT2D eigenvalue weighted by molar-refractivity contribution is -0.149. The van der Waals surface area contributed by atoms with Gasteiger partial charge in [0.25, 0.3) is 0 Å². The molecule has 36 heavy (non-hydrogen) atoms. The maximum atomic E-state index is 14.0. The standard InChI is InChI=1S/C29H31N3O3S/c1-18-10-12-23(19(2)16-18)30-27(33)25-26-22-17-21(34-4)11-13-24(22)35-29(25,3)32(28(36)31-26)15-14-20-8-6-5-7-9-20/h5-13,16-17,25-26H,14-15H2,1-4H3,(H,30,33)(H,31,36)/t25-,26+,29+/m1/s1. The summed E-state index contributed by atoms with van der Waals surface area (Å²) in [6.07, 6.45) is 0.771. The monoisotopic (exact) mass is 501 g/mol. The molecule has 3 aromatic carbocycles. The van der Waals surface area contributed by atoms with Gasteiger partial charge < -0.3 is 25.0 Å². The lowest BCUT2D eigenvalue weighted by Crippen LogP contribution is -2.71. The second-order valence-corrected chi connectivity index (χ2v) is 10.0. The number of methoxy groups -OCH3 is 1. The summed E-state index contributed by atoms with van der Waals surface area (Å²) < 4.78 is 12.1. The van der Waals surface area contributed by atoms with E-state index in [9.17, 15) is 4.79 Å². The average Bonchev–Trinajstić information content (AvgIpc) is 2.85. The van der Waals surface area contributed by atoms with Gasteiger partial charge >= 0.3 is 0 Å². The van der Waals surface area contributed by atoms with Gasteiger partial charge in [0.05, 0.1) is 13.2 Å². The Morgan fingerprint density at radius 3 is 2.64 bits per heavy atom. The van der Waals surface area contributed by atoms with Gasteiger partial charge in [-0.3, -0.25) is 4.79 Å². The summed E-state index contributed by atoms with van der Waals surface area (Å²) >= 11 is 5.84. The fraction of sp³-hybridized carbons (Fsp3) is 0.310. The second-order valence-electron chi connectivity index (χ2n) is 9.66. The minimum Gasteiger partial charge on any atom is -0.497 e. The van der Waals surface area contributed by atoms with Crippen LogP contribution in [0.4, 0.5) is 5.69 Å². The fourth-order valence-corrected chi connectivity index (χ4v) is 5.73. The van der Waals surface area contributed by atoms with Crippen molar-refractivity contribution in [1.82, 2.24) is 10.2 Å². The number of rotatable bonds is 6. The molecule has 1 fully saturated rings. The normalized spacial score (nSPS) is 22.2.